The molecule has 0 unspecified atom stereocenters. The molecule has 1 saturated heterocycles. The van der Waals surface area contributed by atoms with Crippen molar-refractivity contribution in [1.82, 2.24) is 5.32 Å². The maximum absolute atomic E-state index is 12.0. The van der Waals surface area contributed by atoms with Crippen LogP contribution in [0.15, 0.2) is 52.4 Å². The van der Waals surface area contributed by atoms with Crippen LogP contribution < -0.4 is 5.32 Å². The van der Waals surface area contributed by atoms with Crippen LogP contribution in [0.2, 0.25) is 0 Å². The number of thioether (sulfide) groups is 1. The summed E-state index contributed by atoms with van der Waals surface area (Å²) in [5.74, 6) is -0.389. The van der Waals surface area contributed by atoms with Crippen LogP contribution in [0.5, 0.6) is 11.5 Å². The van der Waals surface area contributed by atoms with Crippen LogP contribution >= 0.6 is 11.8 Å². The van der Waals surface area contributed by atoms with Crippen molar-refractivity contribution in [2.45, 2.75) is 6.92 Å². The number of aryl methyl sites for hydroxylation is 1. The van der Waals surface area contributed by atoms with Crippen molar-refractivity contribution in [3.63, 3.8) is 0 Å². The van der Waals surface area contributed by atoms with Crippen LogP contribution in [0.3, 0.4) is 0 Å². The van der Waals surface area contributed by atoms with Gasteiger partial charge in [0.2, 0.25) is 0 Å². The summed E-state index contributed by atoms with van der Waals surface area (Å²) in [6.07, 6.45) is 1.56. The van der Waals surface area contributed by atoms with E-state index in [0.717, 1.165) is 11.3 Å². The summed E-state index contributed by atoms with van der Waals surface area (Å²) in [5, 5.41) is 22.3. The van der Waals surface area contributed by atoms with Gasteiger partial charge in [-0.1, -0.05) is 18.2 Å². The number of benzene rings is 2. The number of aliphatic imine (C=N–C) groups is 1. The second kappa shape index (κ2) is 6.18. The first-order valence-electron chi connectivity index (χ1n) is 6.90. The molecule has 1 amide bonds. The molecular weight excluding hydrogens is 312 g/mol. The number of hydrogen-bond acceptors (Lipinski definition) is 5. The van der Waals surface area contributed by atoms with Crippen molar-refractivity contribution in [1.29, 1.82) is 0 Å². The molecule has 23 heavy (non-hydrogen) atoms. The number of phenolic OH excluding ortho intramolecular Hbond substituents is 2. The van der Waals surface area contributed by atoms with Gasteiger partial charge in [0.1, 0.15) is 11.5 Å². The molecule has 3 rings (SSSR count). The lowest BCUT2D eigenvalue weighted by Crippen LogP contribution is -2.19. The summed E-state index contributed by atoms with van der Waals surface area (Å²) in [6.45, 7) is 1.95. The van der Waals surface area contributed by atoms with E-state index in [0.29, 0.717) is 15.6 Å². The van der Waals surface area contributed by atoms with E-state index in [1.807, 2.05) is 31.2 Å². The molecule has 3 N–H and O–H groups in total. The Bertz CT molecular complexity index is 843. The first kappa shape index (κ1) is 15.2. The number of phenols is 2. The molecule has 5 nitrogen and oxygen atoms in total. The first-order chi connectivity index (χ1) is 11.0. The molecule has 1 aliphatic heterocycles. The Morgan fingerprint density at radius 3 is 2.70 bits per heavy atom. The highest BCUT2D eigenvalue weighted by Crippen LogP contribution is 2.31. The van der Waals surface area contributed by atoms with Crippen LogP contribution in [0.25, 0.3) is 6.08 Å². The lowest BCUT2D eigenvalue weighted by molar-refractivity contribution is -0.115. The van der Waals surface area contributed by atoms with Crippen LogP contribution in [0, 0.1) is 6.92 Å². The molecule has 1 heterocycles. The number of amides is 1. The van der Waals surface area contributed by atoms with E-state index in [4.69, 9.17) is 0 Å². The zero-order valence-electron chi connectivity index (χ0n) is 12.3. The van der Waals surface area contributed by atoms with Gasteiger partial charge in [-0.3, -0.25) is 4.79 Å². The van der Waals surface area contributed by atoms with Crippen molar-refractivity contribution >= 4 is 34.6 Å². The van der Waals surface area contributed by atoms with Crippen molar-refractivity contribution < 1.29 is 15.0 Å². The van der Waals surface area contributed by atoms with E-state index in [2.05, 4.69) is 10.3 Å². The maximum atomic E-state index is 12.0. The third-order valence-electron chi connectivity index (χ3n) is 3.29. The van der Waals surface area contributed by atoms with Gasteiger partial charge in [-0.05, 0) is 48.5 Å². The number of amidine groups is 1. The Morgan fingerprint density at radius 2 is 1.96 bits per heavy atom. The minimum absolute atomic E-state index is 0.0324. The van der Waals surface area contributed by atoms with Gasteiger partial charge in [0.25, 0.3) is 5.91 Å². The van der Waals surface area contributed by atoms with Crippen molar-refractivity contribution in [3.8, 4) is 11.5 Å². The summed E-state index contributed by atoms with van der Waals surface area (Å²) in [6, 6.07) is 11.9. The average molecular weight is 326 g/mol. The first-order valence-corrected chi connectivity index (χ1v) is 7.72. The number of aromatic hydroxyl groups is 2. The van der Waals surface area contributed by atoms with E-state index >= 15 is 0 Å². The minimum Gasteiger partial charge on any atom is -0.508 e. The smallest absolute Gasteiger partial charge is 0.264 e. The topological polar surface area (TPSA) is 81.9 Å². The molecule has 1 aliphatic rings. The van der Waals surface area contributed by atoms with Crippen LogP contribution in [-0.2, 0) is 4.79 Å². The third-order valence-corrected chi connectivity index (χ3v) is 4.20. The van der Waals surface area contributed by atoms with E-state index in [9.17, 15) is 15.0 Å². The van der Waals surface area contributed by atoms with Crippen LogP contribution in [-0.4, -0.2) is 21.3 Å². The molecule has 0 bridgehead atoms. The molecule has 0 spiro atoms. The molecule has 6 heteroatoms. The van der Waals surface area contributed by atoms with Crippen molar-refractivity contribution in [2.24, 2.45) is 4.99 Å². The summed E-state index contributed by atoms with van der Waals surface area (Å²) < 4.78 is 0. The van der Waals surface area contributed by atoms with Crippen molar-refractivity contribution in [3.05, 3.63) is 58.5 Å². The molecule has 0 saturated carbocycles. The van der Waals surface area contributed by atoms with Crippen LogP contribution in [0.1, 0.15) is 11.1 Å². The number of carbonyl (C=O) groups is 1. The Morgan fingerprint density at radius 1 is 1.17 bits per heavy atom. The highest BCUT2D eigenvalue weighted by atomic mass is 32.2. The highest BCUT2D eigenvalue weighted by molar-refractivity contribution is 8.18. The molecule has 0 radical (unpaired) electrons. The van der Waals surface area contributed by atoms with Gasteiger partial charge in [-0.2, -0.15) is 0 Å². The highest BCUT2D eigenvalue weighted by Gasteiger charge is 2.24. The third kappa shape index (κ3) is 3.37. The molecular formula is C17H14N2O3S. The Balaban J connectivity index is 1.88. The molecule has 0 aliphatic carbocycles. The Kier molecular flexibility index (Phi) is 4.08. The number of nitrogens with one attached hydrogen (secondary N) is 1. The zero-order chi connectivity index (χ0) is 16.4. The molecule has 116 valence electrons. The standard InChI is InChI=1S/C17H14N2O3S/c1-10-4-2-3-5-13(10)18-17-19-16(22)15(23-17)8-11-6-7-12(20)9-14(11)21/h2-9,20-21H,1H3,(H,18,19,22)/b15-8-. The second-order valence-corrected chi connectivity index (χ2v) is 6.04. The molecule has 2 aromatic rings. The molecule has 0 atom stereocenters. The van der Waals surface area contributed by atoms with E-state index in [1.165, 1.54) is 23.9 Å². The van der Waals surface area contributed by atoms with Gasteiger partial charge in [0.05, 0.1) is 10.6 Å². The Labute approximate surface area is 137 Å². The lowest BCUT2D eigenvalue weighted by atomic mass is 10.2. The number of hydrogen-bond donors (Lipinski definition) is 3. The molecule has 1 fully saturated rings. The number of rotatable bonds is 2. The number of para-hydroxylation sites is 1. The van der Waals surface area contributed by atoms with E-state index < -0.39 is 0 Å². The van der Waals surface area contributed by atoms with Gasteiger partial charge in [-0.15, -0.1) is 0 Å². The van der Waals surface area contributed by atoms with Gasteiger partial charge < -0.3 is 15.5 Å². The maximum Gasteiger partial charge on any atom is 0.264 e. The quantitative estimate of drug-likeness (QED) is 0.740. The summed E-state index contributed by atoms with van der Waals surface area (Å²) in [4.78, 5) is 16.9. The fourth-order valence-corrected chi connectivity index (χ4v) is 2.90. The largest absolute Gasteiger partial charge is 0.508 e. The molecule has 2 aromatic carbocycles. The van der Waals surface area contributed by atoms with E-state index in [-0.39, 0.29) is 17.4 Å². The summed E-state index contributed by atoms with van der Waals surface area (Å²) >= 11 is 1.21. The second-order valence-electron chi connectivity index (χ2n) is 5.01. The number of carbonyl (C=O) groups excluding carboxylic acids is 1. The Hall–Kier alpha value is -2.73. The van der Waals surface area contributed by atoms with Crippen LogP contribution in [0.4, 0.5) is 5.69 Å². The molecule has 0 aromatic heterocycles. The van der Waals surface area contributed by atoms with Crippen molar-refractivity contribution in [2.75, 3.05) is 0 Å². The fraction of sp³-hybridized carbons (Fsp3) is 0.0588. The predicted octanol–water partition coefficient (Wildman–Crippen LogP) is 3.30. The van der Waals surface area contributed by atoms with E-state index in [1.54, 1.807) is 12.1 Å². The zero-order valence-corrected chi connectivity index (χ0v) is 13.1. The lowest BCUT2D eigenvalue weighted by Gasteiger charge is -2.00. The monoisotopic (exact) mass is 326 g/mol. The average Bonchev–Trinajstić information content (AvgIpc) is 2.84. The summed E-state index contributed by atoms with van der Waals surface area (Å²) in [7, 11) is 0. The SMILES string of the molecule is Cc1ccccc1N=C1NC(=O)/C(=C/c2ccc(O)cc2O)S1. The van der Waals surface area contributed by atoms with Gasteiger partial charge in [0.15, 0.2) is 5.17 Å². The summed E-state index contributed by atoms with van der Waals surface area (Å²) in [5.41, 5.74) is 2.27. The van der Waals surface area contributed by atoms with Gasteiger partial charge in [0, 0.05) is 11.6 Å². The van der Waals surface area contributed by atoms with Gasteiger partial charge >= 0.3 is 0 Å². The van der Waals surface area contributed by atoms with Gasteiger partial charge in [-0.25, -0.2) is 4.99 Å². The predicted molar refractivity (Wildman–Crippen MR) is 91.8 cm³/mol. The number of nitrogens with zero attached hydrogens (tertiary/aromatic N) is 1. The fourth-order valence-electron chi connectivity index (χ4n) is 2.07. The normalized spacial score (nSPS) is 17.7. The minimum atomic E-state index is -0.269.